The van der Waals surface area contributed by atoms with Gasteiger partial charge in [0.15, 0.2) is 0 Å². The minimum absolute atomic E-state index is 0.911. The van der Waals surface area contributed by atoms with Gasteiger partial charge in [0.2, 0.25) is 0 Å². The number of nitrogens with zero attached hydrogens (tertiary/aromatic N) is 1. The standard InChI is InChI=1S/C6H9NS/c8-6-5-7-3-1-2-4-7/h1-4,8H,5-6H2. The second-order valence-electron chi connectivity index (χ2n) is 1.64. The lowest BCUT2D eigenvalue weighted by Gasteiger charge is -1.94. The van der Waals surface area contributed by atoms with Crippen LogP contribution in [0.5, 0.6) is 0 Å². The SMILES string of the molecule is SCCn1cccc1. The highest BCUT2D eigenvalue weighted by Gasteiger charge is 1.81. The van der Waals surface area contributed by atoms with Gasteiger partial charge in [-0.15, -0.1) is 0 Å². The van der Waals surface area contributed by atoms with Crippen LogP contribution in [0.25, 0.3) is 0 Å². The summed E-state index contributed by atoms with van der Waals surface area (Å²) in [7, 11) is 0. The van der Waals surface area contributed by atoms with Crippen molar-refractivity contribution in [2.24, 2.45) is 0 Å². The van der Waals surface area contributed by atoms with Crippen molar-refractivity contribution in [1.29, 1.82) is 0 Å². The fraction of sp³-hybridized carbons (Fsp3) is 0.333. The van der Waals surface area contributed by atoms with Crippen molar-refractivity contribution < 1.29 is 0 Å². The molecule has 0 radical (unpaired) electrons. The fourth-order valence-corrected chi connectivity index (χ4v) is 0.866. The van der Waals surface area contributed by atoms with E-state index in [0.29, 0.717) is 0 Å². The van der Waals surface area contributed by atoms with Crippen LogP contribution in [0, 0.1) is 0 Å². The maximum Gasteiger partial charge on any atom is 0.0307 e. The van der Waals surface area contributed by atoms with Crippen LogP contribution in [0.15, 0.2) is 24.5 Å². The average Bonchev–Trinajstić information content (AvgIpc) is 2.19. The van der Waals surface area contributed by atoms with Crippen molar-refractivity contribution in [1.82, 2.24) is 4.57 Å². The van der Waals surface area contributed by atoms with Gasteiger partial charge in [0.1, 0.15) is 0 Å². The first kappa shape index (κ1) is 5.76. The Morgan fingerprint density at radius 2 is 1.88 bits per heavy atom. The topological polar surface area (TPSA) is 4.93 Å². The number of hydrogen-bond acceptors (Lipinski definition) is 1. The van der Waals surface area contributed by atoms with E-state index in [-0.39, 0.29) is 0 Å². The normalized spacial score (nSPS) is 9.62. The van der Waals surface area contributed by atoms with E-state index < -0.39 is 0 Å². The molecule has 0 aromatic carbocycles. The zero-order chi connectivity index (χ0) is 5.82. The van der Waals surface area contributed by atoms with Gasteiger partial charge in [-0.1, -0.05) is 0 Å². The van der Waals surface area contributed by atoms with Gasteiger partial charge in [0, 0.05) is 24.7 Å². The highest BCUT2D eigenvalue weighted by atomic mass is 32.1. The summed E-state index contributed by atoms with van der Waals surface area (Å²) in [6.45, 7) is 1.01. The lowest BCUT2D eigenvalue weighted by atomic mass is 10.7. The van der Waals surface area contributed by atoms with E-state index in [1.54, 1.807) is 0 Å². The third kappa shape index (κ3) is 1.30. The molecule has 8 heavy (non-hydrogen) atoms. The summed E-state index contributed by atoms with van der Waals surface area (Å²) in [4.78, 5) is 0. The summed E-state index contributed by atoms with van der Waals surface area (Å²) in [6.07, 6.45) is 4.08. The summed E-state index contributed by atoms with van der Waals surface area (Å²) in [5.74, 6) is 0.911. The molecule has 2 heteroatoms. The van der Waals surface area contributed by atoms with Gasteiger partial charge < -0.3 is 4.57 Å². The maximum absolute atomic E-state index is 4.09. The minimum atomic E-state index is 0.911. The minimum Gasteiger partial charge on any atom is -0.353 e. The van der Waals surface area contributed by atoms with Crippen LogP contribution in [0.3, 0.4) is 0 Å². The quantitative estimate of drug-likeness (QED) is 0.573. The zero-order valence-corrected chi connectivity index (χ0v) is 5.51. The molecule has 1 aromatic heterocycles. The van der Waals surface area contributed by atoms with Crippen LogP contribution in [-0.4, -0.2) is 10.3 Å². The molecule has 0 saturated carbocycles. The Morgan fingerprint density at radius 1 is 1.25 bits per heavy atom. The van der Waals surface area contributed by atoms with Gasteiger partial charge in [-0.25, -0.2) is 0 Å². The summed E-state index contributed by atoms with van der Waals surface area (Å²) in [5.41, 5.74) is 0. The van der Waals surface area contributed by atoms with Crippen molar-refractivity contribution >= 4 is 12.6 Å². The molecular weight excluding hydrogens is 118 g/mol. The van der Waals surface area contributed by atoms with E-state index in [0.717, 1.165) is 12.3 Å². The molecule has 0 N–H and O–H groups in total. The Hall–Kier alpha value is -0.370. The summed E-state index contributed by atoms with van der Waals surface area (Å²) in [6, 6.07) is 4.03. The monoisotopic (exact) mass is 127 g/mol. The molecule has 0 spiro atoms. The molecule has 0 aliphatic heterocycles. The van der Waals surface area contributed by atoms with Crippen molar-refractivity contribution in [2.45, 2.75) is 6.54 Å². The molecular formula is C6H9NS. The third-order valence-electron chi connectivity index (χ3n) is 1.02. The molecule has 0 unspecified atom stereocenters. The third-order valence-corrected chi connectivity index (χ3v) is 1.22. The van der Waals surface area contributed by atoms with Gasteiger partial charge in [-0.2, -0.15) is 12.6 Å². The Balaban J connectivity index is 2.50. The van der Waals surface area contributed by atoms with E-state index in [9.17, 15) is 0 Å². The van der Waals surface area contributed by atoms with Crippen molar-refractivity contribution in [3.63, 3.8) is 0 Å². The average molecular weight is 127 g/mol. The number of thiol groups is 1. The fourth-order valence-electron chi connectivity index (χ4n) is 0.635. The molecule has 0 aliphatic carbocycles. The van der Waals surface area contributed by atoms with Crippen LogP contribution < -0.4 is 0 Å². The Bertz CT molecular complexity index is 134. The van der Waals surface area contributed by atoms with Crippen LogP contribution in [-0.2, 0) is 6.54 Å². The molecule has 0 fully saturated rings. The van der Waals surface area contributed by atoms with Gasteiger partial charge in [0.05, 0.1) is 0 Å². The maximum atomic E-state index is 4.09. The van der Waals surface area contributed by atoms with Crippen molar-refractivity contribution in [3.8, 4) is 0 Å². The summed E-state index contributed by atoms with van der Waals surface area (Å²) >= 11 is 4.09. The molecule has 0 amide bonds. The summed E-state index contributed by atoms with van der Waals surface area (Å²) < 4.78 is 2.10. The number of aryl methyl sites for hydroxylation is 1. The van der Waals surface area contributed by atoms with E-state index >= 15 is 0 Å². The highest BCUT2D eigenvalue weighted by Crippen LogP contribution is 1.89. The largest absolute Gasteiger partial charge is 0.353 e. The predicted octanol–water partition coefficient (Wildman–Crippen LogP) is 1.42. The van der Waals surface area contributed by atoms with Gasteiger partial charge >= 0.3 is 0 Å². The molecule has 1 aromatic rings. The first-order chi connectivity index (χ1) is 3.93. The van der Waals surface area contributed by atoms with Crippen molar-refractivity contribution in [2.75, 3.05) is 5.75 Å². The predicted molar refractivity (Wildman–Crippen MR) is 38.3 cm³/mol. The zero-order valence-electron chi connectivity index (χ0n) is 4.62. The Labute approximate surface area is 54.7 Å². The van der Waals surface area contributed by atoms with Crippen LogP contribution in [0.4, 0.5) is 0 Å². The molecule has 0 saturated heterocycles. The molecule has 1 nitrogen and oxygen atoms in total. The first-order valence-corrected chi connectivity index (χ1v) is 3.28. The molecule has 0 bridgehead atoms. The van der Waals surface area contributed by atoms with Gasteiger partial charge in [0.25, 0.3) is 0 Å². The van der Waals surface area contributed by atoms with Crippen molar-refractivity contribution in [3.05, 3.63) is 24.5 Å². The molecule has 44 valence electrons. The van der Waals surface area contributed by atoms with Crippen LogP contribution in [0.2, 0.25) is 0 Å². The Kier molecular flexibility index (Phi) is 2.03. The van der Waals surface area contributed by atoms with E-state index in [1.165, 1.54) is 0 Å². The second kappa shape index (κ2) is 2.82. The molecule has 0 atom stereocenters. The molecule has 0 aliphatic rings. The highest BCUT2D eigenvalue weighted by molar-refractivity contribution is 7.80. The van der Waals surface area contributed by atoms with Crippen LogP contribution in [0.1, 0.15) is 0 Å². The van der Waals surface area contributed by atoms with E-state index in [2.05, 4.69) is 17.2 Å². The lowest BCUT2D eigenvalue weighted by molar-refractivity contribution is 0.780. The lowest BCUT2D eigenvalue weighted by Crippen LogP contribution is -1.93. The van der Waals surface area contributed by atoms with Crippen LogP contribution >= 0.6 is 12.6 Å². The van der Waals surface area contributed by atoms with Gasteiger partial charge in [-0.3, -0.25) is 0 Å². The van der Waals surface area contributed by atoms with Gasteiger partial charge in [-0.05, 0) is 12.1 Å². The molecule has 1 rings (SSSR count). The Morgan fingerprint density at radius 3 is 2.38 bits per heavy atom. The van der Waals surface area contributed by atoms with E-state index in [4.69, 9.17) is 0 Å². The number of aromatic nitrogens is 1. The number of hydrogen-bond donors (Lipinski definition) is 1. The number of rotatable bonds is 2. The summed E-state index contributed by atoms with van der Waals surface area (Å²) in [5, 5.41) is 0. The molecule has 1 heterocycles. The van der Waals surface area contributed by atoms with E-state index in [1.807, 2.05) is 24.5 Å². The first-order valence-electron chi connectivity index (χ1n) is 2.65. The second-order valence-corrected chi connectivity index (χ2v) is 2.09. The smallest absolute Gasteiger partial charge is 0.0307 e.